The SMILES string of the molecule is CC1CN(c2ccccc2)CCN1C(=O)Cc1cccs1. The molecule has 0 saturated carbocycles. The number of para-hydroxylation sites is 1. The molecule has 1 aliphatic rings. The first kappa shape index (κ1) is 14.1. The highest BCUT2D eigenvalue weighted by Gasteiger charge is 2.27. The summed E-state index contributed by atoms with van der Waals surface area (Å²) in [5.74, 6) is 0.248. The minimum absolute atomic E-state index is 0.248. The second-order valence-corrected chi connectivity index (χ2v) is 6.51. The molecule has 4 heteroatoms. The molecule has 1 aromatic heterocycles. The van der Waals surface area contributed by atoms with Crippen molar-refractivity contribution >= 4 is 22.9 Å². The summed E-state index contributed by atoms with van der Waals surface area (Å²) in [5, 5.41) is 2.03. The molecule has 1 atom stereocenters. The molecule has 1 fully saturated rings. The van der Waals surface area contributed by atoms with Gasteiger partial charge in [0, 0.05) is 36.2 Å². The third kappa shape index (κ3) is 3.27. The lowest BCUT2D eigenvalue weighted by Crippen LogP contribution is -2.54. The maximum absolute atomic E-state index is 12.4. The van der Waals surface area contributed by atoms with Crippen molar-refractivity contribution in [1.29, 1.82) is 0 Å². The molecule has 21 heavy (non-hydrogen) atoms. The third-order valence-corrected chi connectivity index (χ3v) is 4.85. The molecule has 3 rings (SSSR count). The van der Waals surface area contributed by atoms with Gasteiger partial charge in [0.1, 0.15) is 0 Å². The fourth-order valence-electron chi connectivity index (χ4n) is 2.87. The van der Waals surface area contributed by atoms with Crippen molar-refractivity contribution in [2.24, 2.45) is 0 Å². The van der Waals surface area contributed by atoms with Crippen LogP contribution in [-0.4, -0.2) is 36.5 Å². The Morgan fingerprint density at radius 2 is 2.00 bits per heavy atom. The van der Waals surface area contributed by atoms with Crippen molar-refractivity contribution in [2.75, 3.05) is 24.5 Å². The molecule has 110 valence electrons. The molecule has 0 aliphatic carbocycles. The van der Waals surface area contributed by atoms with Crippen LogP contribution in [0.4, 0.5) is 5.69 Å². The lowest BCUT2D eigenvalue weighted by molar-refractivity contribution is -0.132. The van der Waals surface area contributed by atoms with Crippen LogP contribution >= 0.6 is 11.3 Å². The van der Waals surface area contributed by atoms with Gasteiger partial charge in [-0.1, -0.05) is 24.3 Å². The molecule has 1 saturated heterocycles. The molecule has 1 amide bonds. The second kappa shape index (κ2) is 6.31. The van der Waals surface area contributed by atoms with Crippen molar-refractivity contribution in [3.63, 3.8) is 0 Å². The van der Waals surface area contributed by atoms with E-state index >= 15 is 0 Å². The van der Waals surface area contributed by atoms with E-state index in [4.69, 9.17) is 0 Å². The van der Waals surface area contributed by atoms with Gasteiger partial charge in [-0.3, -0.25) is 4.79 Å². The van der Waals surface area contributed by atoms with Crippen LogP contribution in [0.25, 0.3) is 0 Å². The first-order chi connectivity index (χ1) is 10.2. The topological polar surface area (TPSA) is 23.6 Å². The molecule has 0 N–H and O–H groups in total. The fourth-order valence-corrected chi connectivity index (χ4v) is 3.56. The molecule has 1 aromatic carbocycles. The van der Waals surface area contributed by atoms with Crippen molar-refractivity contribution in [1.82, 2.24) is 4.90 Å². The Bertz CT molecular complexity index is 582. The van der Waals surface area contributed by atoms with Gasteiger partial charge < -0.3 is 9.80 Å². The van der Waals surface area contributed by atoms with Gasteiger partial charge in [0.15, 0.2) is 0 Å². The summed E-state index contributed by atoms with van der Waals surface area (Å²) in [6.45, 7) is 4.76. The zero-order chi connectivity index (χ0) is 14.7. The predicted octanol–water partition coefficient (Wildman–Crippen LogP) is 3.03. The average Bonchev–Trinajstić information content (AvgIpc) is 3.01. The van der Waals surface area contributed by atoms with E-state index in [0.29, 0.717) is 6.42 Å². The molecule has 0 bridgehead atoms. The van der Waals surface area contributed by atoms with Crippen molar-refractivity contribution in [2.45, 2.75) is 19.4 Å². The van der Waals surface area contributed by atoms with E-state index in [1.54, 1.807) is 11.3 Å². The number of thiophene rings is 1. The Morgan fingerprint density at radius 1 is 1.19 bits per heavy atom. The zero-order valence-electron chi connectivity index (χ0n) is 12.2. The number of piperazine rings is 1. The molecule has 1 unspecified atom stereocenters. The summed E-state index contributed by atoms with van der Waals surface area (Å²) in [5.41, 5.74) is 1.25. The van der Waals surface area contributed by atoms with Gasteiger partial charge in [0.05, 0.1) is 6.42 Å². The minimum atomic E-state index is 0.248. The molecule has 3 nitrogen and oxygen atoms in total. The number of carbonyl (C=O) groups excluding carboxylic acids is 1. The molecule has 2 heterocycles. The first-order valence-electron chi connectivity index (χ1n) is 7.36. The Balaban J connectivity index is 1.62. The highest BCUT2D eigenvalue weighted by molar-refractivity contribution is 7.10. The summed E-state index contributed by atoms with van der Waals surface area (Å²) in [7, 11) is 0. The van der Waals surface area contributed by atoms with Crippen LogP contribution in [0.3, 0.4) is 0 Å². The van der Waals surface area contributed by atoms with Gasteiger partial charge in [0.2, 0.25) is 5.91 Å². The fraction of sp³-hybridized carbons (Fsp3) is 0.353. The van der Waals surface area contributed by atoms with Crippen molar-refractivity contribution < 1.29 is 4.79 Å². The normalized spacial score (nSPS) is 18.8. The largest absolute Gasteiger partial charge is 0.368 e. The van der Waals surface area contributed by atoms with E-state index in [1.165, 1.54) is 5.69 Å². The van der Waals surface area contributed by atoms with E-state index < -0.39 is 0 Å². The Morgan fingerprint density at radius 3 is 2.67 bits per heavy atom. The van der Waals surface area contributed by atoms with Crippen molar-refractivity contribution in [3.8, 4) is 0 Å². The lowest BCUT2D eigenvalue weighted by atomic mass is 10.1. The quantitative estimate of drug-likeness (QED) is 0.870. The summed E-state index contributed by atoms with van der Waals surface area (Å²) < 4.78 is 0. The minimum Gasteiger partial charge on any atom is -0.368 e. The molecule has 1 aliphatic heterocycles. The number of anilines is 1. The zero-order valence-corrected chi connectivity index (χ0v) is 13.1. The van der Waals surface area contributed by atoms with E-state index in [2.05, 4.69) is 36.1 Å². The molecule has 0 radical (unpaired) electrons. The predicted molar refractivity (Wildman–Crippen MR) is 87.9 cm³/mol. The maximum Gasteiger partial charge on any atom is 0.228 e. The van der Waals surface area contributed by atoms with Gasteiger partial charge >= 0.3 is 0 Å². The summed E-state index contributed by atoms with van der Waals surface area (Å²) in [6.07, 6.45) is 0.535. The van der Waals surface area contributed by atoms with Gasteiger partial charge in [0.25, 0.3) is 0 Å². The summed E-state index contributed by atoms with van der Waals surface area (Å²) in [6, 6.07) is 14.7. The lowest BCUT2D eigenvalue weighted by Gasteiger charge is -2.41. The number of benzene rings is 1. The number of carbonyl (C=O) groups is 1. The second-order valence-electron chi connectivity index (χ2n) is 5.47. The van der Waals surface area contributed by atoms with Gasteiger partial charge in [-0.15, -0.1) is 11.3 Å². The standard InChI is InChI=1S/C17H20N2OS/c1-14-13-18(15-6-3-2-4-7-15)9-10-19(14)17(20)12-16-8-5-11-21-16/h2-8,11,14H,9-10,12-13H2,1H3. The van der Waals surface area contributed by atoms with Crippen LogP contribution in [-0.2, 0) is 11.2 Å². The highest BCUT2D eigenvalue weighted by Crippen LogP contribution is 2.20. The Hall–Kier alpha value is -1.81. The average molecular weight is 300 g/mol. The van der Waals surface area contributed by atoms with Crippen LogP contribution < -0.4 is 4.90 Å². The van der Waals surface area contributed by atoms with Gasteiger partial charge in [-0.2, -0.15) is 0 Å². The number of nitrogens with zero attached hydrogens (tertiary/aromatic N) is 2. The summed E-state index contributed by atoms with van der Waals surface area (Å²) >= 11 is 1.66. The van der Waals surface area contributed by atoms with Crippen LogP contribution in [0.2, 0.25) is 0 Å². The molecular formula is C17H20N2OS. The van der Waals surface area contributed by atoms with E-state index in [9.17, 15) is 4.79 Å². The number of hydrogen-bond acceptors (Lipinski definition) is 3. The van der Waals surface area contributed by atoms with Gasteiger partial charge in [-0.25, -0.2) is 0 Å². The van der Waals surface area contributed by atoms with Crippen LogP contribution in [0.5, 0.6) is 0 Å². The molecule has 0 spiro atoms. The van der Waals surface area contributed by atoms with Crippen LogP contribution in [0.15, 0.2) is 47.8 Å². The first-order valence-corrected chi connectivity index (χ1v) is 8.24. The van der Waals surface area contributed by atoms with E-state index in [1.807, 2.05) is 28.5 Å². The monoisotopic (exact) mass is 300 g/mol. The number of amides is 1. The van der Waals surface area contributed by atoms with Gasteiger partial charge in [-0.05, 0) is 30.5 Å². The Labute approximate surface area is 129 Å². The van der Waals surface area contributed by atoms with Crippen molar-refractivity contribution in [3.05, 3.63) is 52.7 Å². The summed E-state index contributed by atoms with van der Waals surface area (Å²) in [4.78, 5) is 18.0. The molecular weight excluding hydrogens is 280 g/mol. The smallest absolute Gasteiger partial charge is 0.228 e. The van der Waals surface area contributed by atoms with E-state index in [0.717, 1.165) is 24.5 Å². The Kier molecular flexibility index (Phi) is 4.25. The number of hydrogen-bond donors (Lipinski definition) is 0. The highest BCUT2D eigenvalue weighted by atomic mass is 32.1. The maximum atomic E-state index is 12.4. The number of rotatable bonds is 3. The van der Waals surface area contributed by atoms with E-state index in [-0.39, 0.29) is 11.9 Å². The third-order valence-electron chi connectivity index (χ3n) is 3.97. The van der Waals surface area contributed by atoms with Crippen LogP contribution in [0, 0.1) is 0 Å². The molecule has 2 aromatic rings. The van der Waals surface area contributed by atoms with Crippen LogP contribution in [0.1, 0.15) is 11.8 Å².